The normalized spacial score (nSPS) is 15.1. The predicted octanol–water partition coefficient (Wildman–Crippen LogP) is 2.46. The van der Waals surface area contributed by atoms with Gasteiger partial charge in [-0.3, -0.25) is 0 Å². The Morgan fingerprint density at radius 2 is 2.00 bits per heavy atom. The van der Waals surface area contributed by atoms with E-state index in [1.165, 1.54) is 6.07 Å². The fraction of sp³-hybridized carbons (Fsp3) is 0.222. The molecule has 2 heteroatoms. The van der Waals surface area contributed by atoms with Crippen molar-refractivity contribution >= 4 is 0 Å². The summed E-state index contributed by atoms with van der Waals surface area (Å²) >= 11 is 0. The molecule has 2 rings (SSSR count). The van der Waals surface area contributed by atoms with Gasteiger partial charge in [0.15, 0.2) is 0 Å². The minimum atomic E-state index is -0.487. The minimum Gasteiger partial charge on any atom is -0.207 e. The molecule has 57 valence electrons. The average Bonchev–Trinajstić information content (AvgIpc) is 2.34. The molecule has 0 aliphatic heterocycles. The molecule has 1 aliphatic rings. The maximum absolute atomic E-state index is 12.9. The maximum Gasteiger partial charge on any atom is 0.129 e. The zero-order valence-electron chi connectivity index (χ0n) is 5.90. The van der Waals surface area contributed by atoms with E-state index < -0.39 is 11.6 Å². The van der Waals surface area contributed by atoms with E-state index in [9.17, 15) is 8.78 Å². The summed E-state index contributed by atoms with van der Waals surface area (Å²) < 4.78 is 25.5. The van der Waals surface area contributed by atoms with Crippen LogP contribution < -0.4 is 0 Å². The number of benzene rings is 1. The van der Waals surface area contributed by atoms with Gasteiger partial charge in [-0.2, -0.15) is 0 Å². The van der Waals surface area contributed by atoms with Gasteiger partial charge in [0.1, 0.15) is 11.6 Å². The van der Waals surface area contributed by atoms with Gasteiger partial charge in [-0.05, 0) is 36.5 Å². The largest absolute Gasteiger partial charge is 0.207 e. The van der Waals surface area contributed by atoms with E-state index in [0.717, 1.165) is 18.1 Å². The highest BCUT2D eigenvalue weighted by atomic mass is 19.1. The van der Waals surface area contributed by atoms with Gasteiger partial charge in [-0.1, -0.05) is 0 Å². The highest BCUT2D eigenvalue weighted by Crippen LogP contribution is 2.26. The third kappa shape index (κ3) is 1.02. The van der Waals surface area contributed by atoms with E-state index in [2.05, 4.69) is 0 Å². The molecule has 1 aromatic rings. The van der Waals surface area contributed by atoms with E-state index in [-0.39, 0.29) is 0 Å². The monoisotopic (exact) mass is 153 g/mol. The van der Waals surface area contributed by atoms with Gasteiger partial charge in [-0.25, -0.2) is 8.78 Å². The zero-order valence-corrected chi connectivity index (χ0v) is 5.90. The van der Waals surface area contributed by atoms with Crippen molar-refractivity contribution in [3.8, 4) is 0 Å². The SMILES string of the molecule is Fc1cc(F)c2c(c1)[CH]CC2. The molecular formula is C9H7F2. The van der Waals surface area contributed by atoms with E-state index in [0.29, 0.717) is 12.0 Å². The van der Waals surface area contributed by atoms with Crippen LogP contribution in [0.25, 0.3) is 0 Å². The van der Waals surface area contributed by atoms with Crippen molar-refractivity contribution in [3.63, 3.8) is 0 Å². The van der Waals surface area contributed by atoms with Gasteiger partial charge in [0.25, 0.3) is 0 Å². The summed E-state index contributed by atoms with van der Waals surface area (Å²) in [6.07, 6.45) is 3.40. The molecule has 0 atom stereocenters. The molecule has 0 nitrogen and oxygen atoms in total. The first-order chi connectivity index (χ1) is 5.27. The van der Waals surface area contributed by atoms with Crippen LogP contribution in [0.3, 0.4) is 0 Å². The quantitative estimate of drug-likeness (QED) is 0.537. The van der Waals surface area contributed by atoms with Gasteiger partial charge >= 0.3 is 0 Å². The Kier molecular flexibility index (Phi) is 1.41. The van der Waals surface area contributed by atoms with Crippen molar-refractivity contribution in [1.29, 1.82) is 0 Å². The summed E-state index contributed by atoms with van der Waals surface area (Å²) in [7, 11) is 0. The zero-order chi connectivity index (χ0) is 7.84. The molecule has 0 amide bonds. The van der Waals surface area contributed by atoms with Gasteiger partial charge in [0.2, 0.25) is 0 Å². The second kappa shape index (κ2) is 2.29. The number of hydrogen-bond acceptors (Lipinski definition) is 0. The van der Waals surface area contributed by atoms with E-state index in [1.807, 2.05) is 6.42 Å². The lowest BCUT2D eigenvalue weighted by Gasteiger charge is -1.99. The Balaban J connectivity index is 2.60. The Hall–Kier alpha value is -0.920. The lowest BCUT2D eigenvalue weighted by atomic mass is 10.1. The van der Waals surface area contributed by atoms with Gasteiger partial charge < -0.3 is 0 Å². The summed E-state index contributed by atoms with van der Waals surface area (Å²) in [5.74, 6) is -0.895. The van der Waals surface area contributed by atoms with Crippen LogP contribution in [0, 0.1) is 18.1 Å². The van der Waals surface area contributed by atoms with Crippen molar-refractivity contribution in [2.45, 2.75) is 12.8 Å². The fourth-order valence-corrected chi connectivity index (χ4v) is 1.44. The van der Waals surface area contributed by atoms with E-state index in [1.54, 1.807) is 0 Å². The molecule has 0 saturated carbocycles. The van der Waals surface area contributed by atoms with Gasteiger partial charge in [0, 0.05) is 6.07 Å². The molecule has 0 heterocycles. The molecule has 0 aromatic heterocycles. The van der Waals surface area contributed by atoms with Crippen LogP contribution in [0.2, 0.25) is 0 Å². The summed E-state index contributed by atoms with van der Waals surface area (Å²) in [4.78, 5) is 0. The standard InChI is InChI=1S/C9H7F2/c10-7-4-6-2-1-3-8(6)9(11)5-7/h2,4-5H,1,3H2. The highest BCUT2D eigenvalue weighted by Gasteiger charge is 2.16. The molecular weight excluding hydrogens is 146 g/mol. The lowest BCUT2D eigenvalue weighted by molar-refractivity contribution is 0.574. The molecule has 0 N–H and O–H groups in total. The summed E-state index contributed by atoms with van der Waals surface area (Å²) in [6.45, 7) is 0. The second-order valence-corrected chi connectivity index (χ2v) is 2.70. The Labute approximate surface area is 63.9 Å². The van der Waals surface area contributed by atoms with Crippen LogP contribution in [-0.2, 0) is 6.42 Å². The molecule has 1 radical (unpaired) electrons. The number of rotatable bonds is 0. The van der Waals surface area contributed by atoms with Gasteiger partial charge in [0.05, 0.1) is 0 Å². The van der Waals surface area contributed by atoms with Crippen molar-refractivity contribution in [2.75, 3.05) is 0 Å². The average molecular weight is 153 g/mol. The minimum absolute atomic E-state index is 0.409. The lowest BCUT2D eigenvalue weighted by Crippen LogP contribution is -1.89. The first kappa shape index (κ1) is 6.77. The molecule has 0 saturated heterocycles. The molecule has 1 aliphatic carbocycles. The maximum atomic E-state index is 12.9. The first-order valence-corrected chi connectivity index (χ1v) is 3.58. The summed E-state index contributed by atoms with van der Waals surface area (Å²) in [6, 6.07) is 2.32. The molecule has 1 aromatic carbocycles. The fourth-order valence-electron chi connectivity index (χ4n) is 1.44. The molecule has 0 spiro atoms. The van der Waals surface area contributed by atoms with Gasteiger partial charge in [-0.15, -0.1) is 0 Å². The Morgan fingerprint density at radius 1 is 1.18 bits per heavy atom. The van der Waals surface area contributed by atoms with E-state index >= 15 is 0 Å². The highest BCUT2D eigenvalue weighted by molar-refractivity contribution is 5.39. The first-order valence-electron chi connectivity index (χ1n) is 3.58. The summed E-state index contributed by atoms with van der Waals surface area (Å²) in [5, 5.41) is 0. The van der Waals surface area contributed by atoms with Crippen molar-refractivity contribution in [1.82, 2.24) is 0 Å². The van der Waals surface area contributed by atoms with Crippen LogP contribution in [-0.4, -0.2) is 0 Å². The van der Waals surface area contributed by atoms with Crippen LogP contribution in [0.5, 0.6) is 0 Å². The van der Waals surface area contributed by atoms with Crippen molar-refractivity contribution in [2.24, 2.45) is 0 Å². The van der Waals surface area contributed by atoms with Crippen molar-refractivity contribution in [3.05, 3.63) is 41.3 Å². The van der Waals surface area contributed by atoms with Crippen molar-refractivity contribution < 1.29 is 8.78 Å². The van der Waals surface area contributed by atoms with Crippen LogP contribution in [0.15, 0.2) is 12.1 Å². The molecule has 0 unspecified atom stereocenters. The predicted molar refractivity (Wildman–Crippen MR) is 38.1 cm³/mol. The van der Waals surface area contributed by atoms with Crippen LogP contribution in [0.4, 0.5) is 8.78 Å². The Morgan fingerprint density at radius 3 is 2.82 bits per heavy atom. The van der Waals surface area contributed by atoms with E-state index in [4.69, 9.17) is 0 Å². The molecule has 0 fully saturated rings. The second-order valence-electron chi connectivity index (χ2n) is 2.70. The Bertz CT molecular complexity index is 292. The topological polar surface area (TPSA) is 0 Å². The van der Waals surface area contributed by atoms with Crippen LogP contribution >= 0.6 is 0 Å². The number of hydrogen-bond donors (Lipinski definition) is 0. The van der Waals surface area contributed by atoms with Crippen LogP contribution in [0.1, 0.15) is 17.5 Å². The third-order valence-corrected chi connectivity index (χ3v) is 1.95. The third-order valence-electron chi connectivity index (χ3n) is 1.95. The molecule has 11 heavy (non-hydrogen) atoms. The number of fused-ring (bicyclic) bond motifs is 1. The molecule has 0 bridgehead atoms. The summed E-state index contributed by atoms with van der Waals surface area (Å²) in [5.41, 5.74) is 1.38. The number of halogens is 2. The smallest absolute Gasteiger partial charge is 0.129 e.